The third kappa shape index (κ3) is 4.13. The van der Waals surface area contributed by atoms with E-state index < -0.39 is 6.10 Å². The molecule has 0 saturated heterocycles. The zero-order valence-electron chi connectivity index (χ0n) is 16.6. The first-order valence-corrected chi connectivity index (χ1v) is 10.4. The average molecular weight is 424 g/mol. The first-order chi connectivity index (χ1) is 14.4. The Balaban J connectivity index is 1.56. The minimum atomic E-state index is -0.880. The van der Waals surface area contributed by atoms with E-state index in [4.69, 9.17) is 4.74 Å². The van der Waals surface area contributed by atoms with E-state index >= 15 is 0 Å². The highest BCUT2D eigenvalue weighted by Crippen LogP contribution is 2.30. The van der Waals surface area contributed by atoms with Gasteiger partial charge in [-0.15, -0.1) is 11.3 Å². The molecule has 5 nitrogen and oxygen atoms in total. The summed E-state index contributed by atoms with van der Waals surface area (Å²) in [5.41, 5.74) is 3.27. The third-order valence-electron chi connectivity index (χ3n) is 4.90. The maximum absolute atomic E-state index is 13.3. The Morgan fingerprint density at radius 2 is 1.97 bits per heavy atom. The second-order valence-corrected chi connectivity index (χ2v) is 8.13. The van der Waals surface area contributed by atoms with E-state index in [1.165, 1.54) is 34.4 Å². The van der Waals surface area contributed by atoms with Crippen molar-refractivity contribution in [2.24, 2.45) is 0 Å². The molecule has 0 fully saturated rings. The number of benzene rings is 2. The highest BCUT2D eigenvalue weighted by Gasteiger charge is 2.16. The normalized spacial score (nSPS) is 12.3. The van der Waals surface area contributed by atoms with Crippen LogP contribution in [0.1, 0.15) is 11.1 Å². The van der Waals surface area contributed by atoms with Gasteiger partial charge in [-0.2, -0.15) is 0 Å². The fourth-order valence-electron chi connectivity index (χ4n) is 3.27. The molecule has 7 heteroatoms. The molecule has 1 atom stereocenters. The number of ether oxygens (including phenoxy) is 1. The lowest BCUT2D eigenvalue weighted by Gasteiger charge is -2.15. The largest absolute Gasteiger partial charge is 0.491 e. The van der Waals surface area contributed by atoms with Crippen LogP contribution in [0.3, 0.4) is 0 Å². The standard InChI is InChI=1S/C23H21FN2O3S/c1-14-3-4-15(2)20(9-14)29-11-18(27)10-26-13-25-22-21(23(26)28)19(12-30-22)16-5-7-17(24)8-6-16/h3-9,12-13,18,27H,10-11H2,1-2H3. The second kappa shape index (κ2) is 8.38. The number of halogens is 1. The highest BCUT2D eigenvalue weighted by atomic mass is 32.1. The summed E-state index contributed by atoms with van der Waals surface area (Å²) in [5, 5.41) is 12.7. The maximum Gasteiger partial charge on any atom is 0.262 e. The van der Waals surface area contributed by atoms with Crippen LogP contribution >= 0.6 is 11.3 Å². The van der Waals surface area contributed by atoms with Crippen molar-refractivity contribution >= 4 is 21.6 Å². The number of fused-ring (bicyclic) bond motifs is 1. The topological polar surface area (TPSA) is 64.3 Å². The lowest BCUT2D eigenvalue weighted by atomic mass is 10.1. The van der Waals surface area contributed by atoms with Crippen LogP contribution in [-0.2, 0) is 6.54 Å². The van der Waals surface area contributed by atoms with Crippen molar-refractivity contribution < 1.29 is 14.2 Å². The van der Waals surface area contributed by atoms with E-state index in [2.05, 4.69) is 4.98 Å². The summed E-state index contributed by atoms with van der Waals surface area (Å²) in [4.78, 5) is 18.0. The number of nitrogens with zero attached hydrogens (tertiary/aromatic N) is 2. The number of aryl methyl sites for hydroxylation is 2. The molecule has 4 aromatic rings. The Kier molecular flexibility index (Phi) is 5.65. The van der Waals surface area contributed by atoms with Crippen molar-refractivity contribution in [3.8, 4) is 16.9 Å². The van der Waals surface area contributed by atoms with Crippen molar-refractivity contribution in [1.82, 2.24) is 9.55 Å². The number of rotatable bonds is 6. The summed E-state index contributed by atoms with van der Waals surface area (Å²) in [6, 6.07) is 11.9. The summed E-state index contributed by atoms with van der Waals surface area (Å²) in [7, 11) is 0. The molecule has 2 aromatic heterocycles. The smallest absolute Gasteiger partial charge is 0.262 e. The van der Waals surface area contributed by atoms with Gasteiger partial charge in [-0.1, -0.05) is 24.3 Å². The van der Waals surface area contributed by atoms with Gasteiger partial charge in [0.25, 0.3) is 5.56 Å². The van der Waals surface area contributed by atoms with E-state index in [-0.39, 0.29) is 24.5 Å². The molecular weight excluding hydrogens is 403 g/mol. The number of thiophene rings is 1. The first-order valence-electron chi connectivity index (χ1n) is 9.53. The van der Waals surface area contributed by atoms with Gasteiger partial charge < -0.3 is 9.84 Å². The average Bonchev–Trinajstić information content (AvgIpc) is 3.16. The zero-order chi connectivity index (χ0) is 21.3. The second-order valence-electron chi connectivity index (χ2n) is 7.27. The fraction of sp³-hybridized carbons (Fsp3) is 0.217. The molecule has 0 radical (unpaired) electrons. The van der Waals surface area contributed by atoms with Gasteiger partial charge in [0.15, 0.2) is 0 Å². The molecule has 0 spiro atoms. The molecule has 0 amide bonds. The maximum atomic E-state index is 13.3. The Labute approximate surface area is 177 Å². The molecule has 2 heterocycles. The zero-order valence-corrected chi connectivity index (χ0v) is 17.4. The SMILES string of the molecule is Cc1ccc(C)c(OCC(O)Cn2cnc3scc(-c4ccc(F)cc4)c3c2=O)c1. The third-order valence-corrected chi connectivity index (χ3v) is 5.78. The van der Waals surface area contributed by atoms with Crippen molar-refractivity contribution in [2.45, 2.75) is 26.5 Å². The Morgan fingerprint density at radius 1 is 1.20 bits per heavy atom. The fourth-order valence-corrected chi connectivity index (χ4v) is 4.17. The first kappa shape index (κ1) is 20.3. The van der Waals surface area contributed by atoms with Crippen molar-refractivity contribution in [1.29, 1.82) is 0 Å². The van der Waals surface area contributed by atoms with Crippen LogP contribution in [-0.4, -0.2) is 27.4 Å². The Bertz CT molecular complexity index is 1250. The number of hydrogen-bond acceptors (Lipinski definition) is 5. The molecule has 1 unspecified atom stereocenters. The van der Waals surface area contributed by atoms with Gasteiger partial charge in [-0.05, 0) is 48.7 Å². The minimum Gasteiger partial charge on any atom is -0.491 e. The van der Waals surface area contributed by atoms with Crippen LogP contribution in [0.25, 0.3) is 21.3 Å². The van der Waals surface area contributed by atoms with Gasteiger partial charge >= 0.3 is 0 Å². The van der Waals surface area contributed by atoms with Gasteiger partial charge in [0.1, 0.15) is 29.1 Å². The van der Waals surface area contributed by atoms with E-state index in [9.17, 15) is 14.3 Å². The number of aliphatic hydroxyl groups excluding tert-OH is 1. The van der Waals surface area contributed by atoms with Crippen LogP contribution in [0.2, 0.25) is 0 Å². The lowest BCUT2D eigenvalue weighted by Crippen LogP contribution is -2.30. The van der Waals surface area contributed by atoms with E-state index in [1.807, 2.05) is 37.4 Å². The number of aromatic nitrogens is 2. The van der Waals surface area contributed by atoms with E-state index in [0.717, 1.165) is 16.7 Å². The summed E-state index contributed by atoms with van der Waals surface area (Å²) in [6.07, 6.45) is 0.561. The molecule has 4 rings (SSSR count). The van der Waals surface area contributed by atoms with Gasteiger partial charge in [-0.25, -0.2) is 9.37 Å². The van der Waals surface area contributed by atoms with E-state index in [0.29, 0.717) is 21.5 Å². The molecule has 0 aliphatic carbocycles. The number of hydrogen-bond donors (Lipinski definition) is 1. The molecular formula is C23H21FN2O3S. The predicted octanol–water partition coefficient (Wildman–Crippen LogP) is 4.32. The van der Waals surface area contributed by atoms with Gasteiger partial charge in [-0.3, -0.25) is 9.36 Å². The van der Waals surface area contributed by atoms with Crippen molar-refractivity contribution in [3.05, 3.63) is 81.5 Å². The van der Waals surface area contributed by atoms with Crippen molar-refractivity contribution in [2.75, 3.05) is 6.61 Å². The predicted molar refractivity (Wildman–Crippen MR) is 117 cm³/mol. The summed E-state index contributed by atoms with van der Waals surface area (Å²) >= 11 is 1.36. The van der Waals surface area contributed by atoms with Gasteiger partial charge in [0.2, 0.25) is 0 Å². The molecule has 0 saturated carbocycles. The monoisotopic (exact) mass is 424 g/mol. The van der Waals surface area contributed by atoms with Crippen LogP contribution < -0.4 is 10.3 Å². The molecule has 0 aliphatic heterocycles. The summed E-state index contributed by atoms with van der Waals surface area (Å²) < 4.78 is 20.4. The summed E-state index contributed by atoms with van der Waals surface area (Å²) in [6.45, 7) is 4.04. The van der Waals surface area contributed by atoms with Crippen LogP contribution in [0, 0.1) is 19.7 Å². The molecule has 0 bridgehead atoms. The minimum absolute atomic E-state index is 0.0588. The molecule has 30 heavy (non-hydrogen) atoms. The van der Waals surface area contributed by atoms with Gasteiger partial charge in [0, 0.05) is 10.9 Å². The van der Waals surface area contributed by atoms with Gasteiger partial charge in [0.05, 0.1) is 18.3 Å². The molecule has 1 N–H and O–H groups in total. The van der Waals surface area contributed by atoms with Crippen molar-refractivity contribution in [3.63, 3.8) is 0 Å². The molecule has 0 aliphatic rings. The lowest BCUT2D eigenvalue weighted by molar-refractivity contribution is 0.0911. The quantitative estimate of drug-likeness (QED) is 0.501. The summed E-state index contributed by atoms with van der Waals surface area (Å²) in [5.74, 6) is 0.382. The van der Waals surface area contributed by atoms with Crippen LogP contribution in [0.5, 0.6) is 5.75 Å². The molecule has 2 aromatic carbocycles. The Morgan fingerprint density at radius 3 is 2.73 bits per heavy atom. The highest BCUT2D eigenvalue weighted by molar-refractivity contribution is 7.17. The van der Waals surface area contributed by atoms with Crippen LogP contribution in [0.15, 0.2) is 59.0 Å². The van der Waals surface area contributed by atoms with E-state index in [1.54, 1.807) is 12.1 Å². The molecule has 154 valence electrons. The number of aliphatic hydroxyl groups is 1. The Hall–Kier alpha value is -3.03. The van der Waals surface area contributed by atoms with Crippen LogP contribution in [0.4, 0.5) is 4.39 Å².